The summed E-state index contributed by atoms with van der Waals surface area (Å²) in [5.74, 6) is 0. The fourth-order valence-corrected chi connectivity index (χ4v) is 3.32. The molecule has 1 atom stereocenters. The van der Waals surface area contributed by atoms with Gasteiger partial charge in [-0.05, 0) is 45.4 Å². The molecule has 1 aromatic carbocycles. The number of ether oxygens (including phenoxy) is 1. The molecule has 1 aliphatic rings. The topological polar surface area (TPSA) is 79.0 Å². The summed E-state index contributed by atoms with van der Waals surface area (Å²) in [6.45, 7) is 6.78. The van der Waals surface area contributed by atoms with E-state index in [1.165, 1.54) is 0 Å². The minimum atomic E-state index is -3.31. The third kappa shape index (κ3) is 5.81. The maximum absolute atomic E-state index is 12.2. The van der Waals surface area contributed by atoms with Crippen LogP contribution in [-0.2, 0) is 14.8 Å². The van der Waals surface area contributed by atoms with Crippen LogP contribution < -0.4 is 9.62 Å². The summed E-state index contributed by atoms with van der Waals surface area (Å²) in [6.07, 6.45) is 1.66. The Balaban J connectivity index is 2.03. The van der Waals surface area contributed by atoms with Gasteiger partial charge in [-0.1, -0.05) is 6.07 Å². The first-order chi connectivity index (χ1) is 11.4. The van der Waals surface area contributed by atoms with Crippen molar-refractivity contribution in [1.29, 1.82) is 0 Å². The van der Waals surface area contributed by atoms with Gasteiger partial charge in [0.2, 0.25) is 10.0 Å². The zero-order valence-electron chi connectivity index (χ0n) is 15.4. The average molecular weight is 369 g/mol. The van der Waals surface area contributed by atoms with Crippen molar-refractivity contribution in [1.82, 2.24) is 4.90 Å². The van der Waals surface area contributed by atoms with Crippen molar-refractivity contribution < 1.29 is 17.9 Å². The van der Waals surface area contributed by atoms with Crippen LogP contribution in [0.1, 0.15) is 27.2 Å². The van der Waals surface area contributed by atoms with Gasteiger partial charge in [-0.25, -0.2) is 13.2 Å². The first kappa shape index (κ1) is 19.4. The van der Waals surface area contributed by atoms with Crippen LogP contribution in [0.2, 0.25) is 0 Å². The minimum absolute atomic E-state index is 0.154. The molecule has 25 heavy (non-hydrogen) atoms. The molecule has 1 aromatic rings. The summed E-state index contributed by atoms with van der Waals surface area (Å²) in [5, 5.41) is 0. The van der Waals surface area contributed by atoms with Crippen LogP contribution in [0.4, 0.5) is 16.2 Å². The molecule has 1 fully saturated rings. The molecule has 0 bridgehead atoms. The van der Waals surface area contributed by atoms with E-state index in [2.05, 4.69) is 9.62 Å². The molecule has 1 unspecified atom stereocenters. The van der Waals surface area contributed by atoms with Crippen molar-refractivity contribution in [2.24, 2.45) is 0 Å². The molecule has 140 valence electrons. The second-order valence-electron chi connectivity index (χ2n) is 7.40. The van der Waals surface area contributed by atoms with Gasteiger partial charge in [-0.3, -0.25) is 4.72 Å². The normalized spacial score (nSPS) is 18.1. The third-order valence-electron chi connectivity index (χ3n) is 3.92. The predicted octanol–water partition coefficient (Wildman–Crippen LogP) is 2.50. The Morgan fingerprint density at radius 1 is 1.36 bits per heavy atom. The van der Waals surface area contributed by atoms with Gasteiger partial charge < -0.3 is 14.5 Å². The Kier molecular flexibility index (Phi) is 5.51. The highest BCUT2D eigenvalue weighted by molar-refractivity contribution is 7.92. The van der Waals surface area contributed by atoms with E-state index in [1.54, 1.807) is 23.1 Å². The molecule has 8 heteroatoms. The van der Waals surface area contributed by atoms with Gasteiger partial charge in [0, 0.05) is 31.9 Å². The fourth-order valence-electron chi connectivity index (χ4n) is 2.76. The Hall–Kier alpha value is -1.96. The van der Waals surface area contributed by atoms with E-state index in [0.717, 1.165) is 18.4 Å². The lowest BCUT2D eigenvalue weighted by molar-refractivity contribution is 0.0292. The Bertz CT molecular complexity index is 728. The second-order valence-corrected chi connectivity index (χ2v) is 9.15. The first-order valence-corrected chi connectivity index (χ1v) is 10.1. The van der Waals surface area contributed by atoms with E-state index in [9.17, 15) is 13.2 Å². The molecule has 0 aliphatic carbocycles. The summed E-state index contributed by atoms with van der Waals surface area (Å²) in [6, 6.07) is 7.38. The highest BCUT2D eigenvalue weighted by Crippen LogP contribution is 2.25. The molecule has 7 nitrogen and oxygen atoms in total. The highest BCUT2D eigenvalue weighted by Gasteiger charge is 2.31. The van der Waals surface area contributed by atoms with Crippen molar-refractivity contribution >= 4 is 27.5 Å². The molecular weight excluding hydrogens is 342 g/mol. The van der Waals surface area contributed by atoms with Gasteiger partial charge in [0.1, 0.15) is 5.60 Å². The smallest absolute Gasteiger partial charge is 0.410 e. The molecule has 1 saturated heterocycles. The third-order valence-corrected chi connectivity index (χ3v) is 4.53. The number of anilines is 2. The molecule has 1 N–H and O–H groups in total. The zero-order chi connectivity index (χ0) is 18.8. The number of sulfonamides is 1. The number of carbonyl (C=O) groups is 1. The number of hydrogen-bond donors (Lipinski definition) is 1. The van der Waals surface area contributed by atoms with E-state index in [4.69, 9.17) is 4.74 Å². The predicted molar refractivity (Wildman–Crippen MR) is 99.5 cm³/mol. The van der Waals surface area contributed by atoms with Gasteiger partial charge in [0.05, 0.1) is 11.9 Å². The van der Waals surface area contributed by atoms with Gasteiger partial charge in [0.25, 0.3) is 0 Å². The van der Waals surface area contributed by atoms with E-state index >= 15 is 0 Å². The van der Waals surface area contributed by atoms with Gasteiger partial charge >= 0.3 is 6.09 Å². The number of likely N-dealkylation sites (tertiary alicyclic amines) is 1. The number of likely N-dealkylation sites (N-methyl/N-ethyl adjacent to an activating group) is 1. The number of nitrogens with zero attached hydrogens (tertiary/aromatic N) is 2. The Morgan fingerprint density at radius 3 is 2.64 bits per heavy atom. The maximum atomic E-state index is 12.2. The quantitative estimate of drug-likeness (QED) is 0.882. The largest absolute Gasteiger partial charge is 0.444 e. The molecule has 1 aliphatic heterocycles. The van der Waals surface area contributed by atoms with Gasteiger partial charge in [-0.2, -0.15) is 0 Å². The monoisotopic (exact) mass is 369 g/mol. The van der Waals surface area contributed by atoms with Crippen LogP contribution in [0, 0.1) is 0 Å². The number of carbonyl (C=O) groups excluding carboxylic acids is 1. The van der Waals surface area contributed by atoms with E-state index in [1.807, 2.05) is 33.9 Å². The Morgan fingerprint density at radius 2 is 2.04 bits per heavy atom. The van der Waals surface area contributed by atoms with E-state index in [0.29, 0.717) is 18.8 Å². The van der Waals surface area contributed by atoms with Crippen LogP contribution in [-0.4, -0.2) is 57.4 Å². The summed E-state index contributed by atoms with van der Waals surface area (Å²) >= 11 is 0. The number of nitrogens with one attached hydrogen (secondary N) is 1. The zero-order valence-corrected chi connectivity index (χ0v) is 16.3. The Labute approximate surface area is 150 Å². The van der Waals surface area contributed by atoms with Crippen LogP contribution in [0.3, 0.4) is 0 Å². The SMILES string of the molecule is CN(c1cccc(NS(C)(=O)=O)c1)C1CCN(C(=O)OC(C)(C)C)C1. The van der Waals surface area contributed by atoms with Crippen molar-refractivity contribution in [3.63, 3.8) is 0 Å². The molecular formula is C17H27N3O4S. The molecule has 0 aromatic heterocycles. The highest BCUT2D eigenvalue weighted by atomic mass is 32.2. The summed E-state index contributed by atoms with van der Waals surface area (Å²) in [7, 11) is -1.37. The summed E-state index contributed by atoms with van der Waals surface area (Å²) in [4.78, 5) is 16.0. The van der Waals surface area contributed by atoms with E-state index < -0.39 is 15.6 Å². The van der Waals surface area contributed by atoms with Crippen LogP contribution in [0.15, 0.2) is 24.3 Å². The maximum Gasteiger partial charge on any atom is 0.410 e. The lowest BCUT2D eigenvalue weighted by Crippen LogP contribution is -2.39. The lowest BCUT2D eigenvalue weighted by atomic mass is 10.2. The average Bonchev–Trinajstić information content (AvgIpc) is 2.93. The fraction of sp³-hybridized carbons (Fsp3) is 0.588. The first-order valence-electron chi connectivity index (χ1n) is 8.23. The van der Waals surface area contributed by atoms with Crippen LogP contribution in [0.5, 0.6) is 0 Å². The van der Waals surface area contributed by atoms with E-state index in [-0.39, 0.29) is 12.1 Å². The van der Waals surface area contributed by atoms with Crippen molar-refractivity contribution in [2.75, 3.05) is 36.0 Å². The molecule has 0 spiro atoms. The molecule has 2 rings (SSSR count). The molecule has 0 saturated carbocycles. The van der Waals surface area contributed by atoms with Gasteiger partial charge in [0.15, 0.2) is 0 Å². The number of hydrogen-bond acceptors (Lipinski definition) is 5. The van der Waals surface area contributed by atoms with Crippen LogP contribution in [0.25, 0.3) is 0 Å². The molecule has 0 radical (unpaired) electrons. The van der Waals surface area contributed by atoms with Crippen LogP contribution >= 0.6 is 0 Å². The summed E-state index contributed by atoms with van der Waals surface area (Å²) < 4.78 is 30.7. The minimum Gasteiger partial charge on any atom is -0.444 e. The lowest BCUT2D eigenvalue weighted by Gasteiger charge is -2.28. The number of rotatable bonds is 4. The molecule has 1 amide bonds. The van der Waals surface area contributed by atoms with Crippen molar-refractivity contribution in [3.05, 3.63) is 24.3 Å². The van der Waals surface area contributed by atoms with Crippen molar-refractivity contribution in [2.45, 2.75) is 38.8 Å². The standard InChI is InChI=1S/C17H27N3O4S/c1-17(2,3)24-16(21)20-10-9-15(12-20)19(4)14-8-6-7-13(11-14)18-25(5,22)23/h6-8,11,15,18H,9-10,12H2,1-5H3. The summed E-state index contributed by atoms with van der Waals surface area (Å²) in [5.41, 5.74) is 0.908. The van der Waals surface area contributed by atoms with Gasteiger partial charge in [-0.15, -0.1) is 0 Å². The number of amides is 1. The van der Waals surface area contributed by atoms with Crippen molar-refractivity contribution in [3.8, 4) is 0 Å². The number of benzene rings is 1. The molecule has 1 heterocycles. The second kappa shape index (κ2) is 7.11.